The highest BCUT2D eigenvalue weighted by molar-refractivity contribution is 6.34. The Hall–Kier alpha value is -3.45. The van der Waals surface area contributed by atoms with Crippen LogP contribution in [0.2, 0.25) is 5.02 Å². The van der Waals surface area contributed by atoms with Crippen LogP contribution < -0.4 is 15.0 Å². The van der Waals surface area contributed by atoms with Crippen molar-refractivity contribution in [3.63, 3.8) is 0 Å². The highest BCUT2D eigenvalue weighted by Crippen LogP contribution is 2.37. The first-order chi connectivity index (χ1) is 14.8. The number of ether oxygens (including phenoxy) is 1. The Morgan fingerprint density at radius 1 is 1.10 bits per heavy atom. The number of hydrogen-bond acceptors (Lipinski definition) is 3. The van der Waals surface area contributed by atoms with Crippen LogP contribution in [0.4, 0.5) is 20.2 Å². The van der Waals surface area contributed by atoms with Crippen LogP contribution in [0.15, 0.2) is 60.7 Å². The maximum absolute atomic E-state index is 14.2. The lowest BCUT2D eigenvalue weighted by Crippen LogP contribution is -2.44. The van der Waals surface area contributed by atoms with Crippen molar-refractivity contribution in [2.45, 2.75) is 19.6 Å². The van der Waals surface area contributed by atoms with E-state index in [1.54, 1.807) is 37.3 Å². The molecule has 1 aliphatic rings. The monoisotopic (exact) mass is 442 g/mol. The minimum atomic E-state index is -0.753. The van der Waals surface area contributed by atoms with Gasteiger partial charge in [-0.05, 0) is 43.3 Å². The van der Waals surface area contributed by atoms with E-state index in [4.69, 9.17) is 16.3 Å². The molecule has 0 fully saturated rings. The Labute approximate surface area is 182 Å². The summed E-state index contributed by atoms with van der Waals surface area (Å²) in [6.07, 6.45) is -0.753. The van der Waals surface area contributed by atoms with Crippen molar-refractivity contribution < 1.29 is 23.1 Å². The van der Waals surface area contributed by atoms with E-state index in [2.05, 4.69) is 5.32 Å². The fourth-order valence-corrected chi connectivity index (χ4v) is 3.60. The number of fused-ring (bicyclic) bond motifs is 1. The van der Waals surface area contributed by atoms with Crippen LogP contribution >= 0.6 is 11.6 Å². The molecule has 1 heterocycles. The summed E-state index contributed by atoms with van der Waals surface area (Å²) in [6.45, 7) is 1.60. The average molecular weight is 443 g/mol. The van der Waals surface area contributed by atoms with Gasteiger partial charge in [0.1, 0.15) is 17.4 Å². The third-order valence-corrected chi connectivity index (χ3v) is 5.22. The molecule has 158 valence electrons. The second-order valence-corrected chi connectivity index (χ2v) is 7.42. The molecule has 1 atom stereocenters. The molecule has 0 saturated carbocycles. The molecule has 0 aliphatic carbocycles. The molecule has 8 heteroatoms. The van der Waals surface area contributed by atoms with Crippen molar-refractivity contribution in [2.24, 2.45) is 0 Å². The summed E-state index contributed by atoms with van der Waals surface area (Å²) in [5, 5.41) is 2.56. The van der Waals surface area contributed by atoms with E-state index in [0.29, 0.717) is 22.7 Å². The van der Waals surface area contributed by atoms with Gasteiger partial charge in [-0.2, -0.15) is 0 Å². The quantitative estimate of drug-likeness (QED) is 0.605. The van der Waals surface area contributed by atoms with Crippen molar-refractivity contribution in [2.75, 3.05) is 10.2 Å². The normalized spacial score (nSPS) is 15.3. The van der Waals surface area contributed by atoms with Crippen molar-refractivity contribution in [1.29, 1.82) is 0 Å². The number of halogens is 3. The van der Waals surface area contributed by atoms with Crippen molar-refractivity contribution in [3.05, 3.63) is 88.4 Å². The summed E-state index contributed by atoms with van der Waals surface area (Å²) in [6, 6.07) is 14.8. The minimum absolute atomic E-state index is 0.0112. The Balaban J connectivity index is 1.67. The van der Waals surface area contributed by atoms with Gasteiger partial charge in [0, 0.05) is 11.3 Å². The molecule has 31 heavy (non-hydrogen) atoms. The molecule has 4 rings (SSSR count). The predicted molar refractivity (Wildman–Crippen MR) is 113 cm³/mol. The van der Waals surface area contributed by atoms with Gasteiger partial charge in [0.05, 0.1) is 22.8 Å². The van der Waals surface area contributed by atoms with Crippen LogP contribution in [-0.2, 0) is 11.3 Å². The van der Waals surface area contributed by atoms with E-state index in [1.807, 2.05) is 0 Å². The van der Waals surface area contributed by atoms with Crippen LogP contribution in [0.3, 0.4) is 0 Å². The van der Waals surface area contributed by atoms with Crippen LogP contribution in [-0.4, -0.2) is 17.9 Å². The standard InChI is InChI=1S/C23H17ClF2N2O3/c1-13-23(30)28(12-14-5-2-3-7-17(14)25)19-11-15(9-10-20(19)31-13)27-22(29)21-16(24)6-4-8-18(21)26/h2-11,13H,12H2,1H3,(H,27,29). The maximum Gasteiger partial charge on any atom is 0.268 e. The van der Waals surface area contributed by atoms with E-state index in [9.17, 15) is 18.4 Å². The molecule has 0 aromatic heterocycles. The Bertz CT molecular complexity index is 1160. The summed E-state index contributed by atoms with van der Waals surface area (Å²) in [5.74, 6) is -1.87. The molecule has 1 aliphatic heterocycles. The maximum atomic E-state index is 14.2. The Kier molecular flexibility index (Phi) is 5.61. The molecular weight excluding hydrogens is 426 g/mol. The summed E-state index contributed by atoms with van der Waals surface area (Å²) in [7, 11) is 0. The van der Waals surface area contributed by atoms with Crippen molar-refractivity contribution in [3.8, 4) is 5.75 Å². The highest BCUT2D eigenvalue weighted by atomic mass is 35.5. The molecule has 0 radical (unpaired) electrons. The molecule has 1 N–H and O–H groups in total. The third-order valence-electron chi connectivity index (χ3n) is 4.90. The summed E-state index contributed by atoms with van der Waals surface area (Å²) >= 11 is 5.96. The van der Waals surface area contributed by atoms with Gasteiger partial charge in [0.15, 0.2) is 6.10 Å². The first-order valence-corrected chi connectivity index (χ1v) is 9.84. The zero-order valence-corrected chi connectivity index (χ0v) is 17.1. The lowest BCUT2D eigenvalue weighted by Gasteiger charge is -2.33. The van der Waals surface area contributed by atoms with E-state index in [1.165, 1.54) is 29.2 Å². The van der Waals surface area contributed by atoms with Gasteiger partial charge in [0.2, 0.25) is 0 Å². The smallest absolute Gasteiger partial charge is 0.268 e. The van der Waals surface area contributed by atoms with Crippen LogP contribution in [0, 0.1) is 11.6 Å². The van der Waals surface area contributed by atoms with Gasteiger partial charge in [-0.3, -0.25) is 9.59 Å². The second-order valence-electron chi connectivity index (χ2n) is 7.01. The summed E-state index contributed by atoms with van der Waals surface area (Å²) in [5.41, 5.74) is 0.714. The summed E-state index contributed by atoms with van der Waals surface area (Å²) < 4.78 is 33.9. The molecule has 2 amide bonds. The number of carbonyl (C=O) groups is 2. The number of anilines is 2. The van der Waals surface area contributed by atoms with E-state index < -0.39 is 23.6 Å². The van der Waals surface area contributed by atoms with Crippen LogP contribution in [0.5, 0.6) is 5.75 Å². The van der Waals surface area contributed by atoms with Crippen LogP contribution in [0.1, 0.15) is 22.8 Å². The molecule has 3 aromatic carbocycles. The third kappa shape index (κ3) is 4.09. The predicted octanol–water partition coefficient (Wildman–Crippen LogP) is 5.18. The van der Waals surface area contributed by atoms with E-state index in [0.717, 1.165) is 6.07 Å². The van der Waals surface area contributed by atoms with Gasteiger partial charge in [0.25, 0.3) is 11.8 Å². The van der Waals surface area contributed by atoms with Gasteiger partial charge in [-0.25, -0.2) is 8.78 Å². The molecule has 0 spiro atoms. The zero-order chi connectivity index (χ0) is 22.1. The fraction of sp³-hybridized carbons (Fsp3) is 0.130. The largest absolute Gasteiger partial charge is 0.479 e. The molecule has 0 saturated heterocycles. The first kappa shape index (κ1) is 20.8. The molecule has 3 aromatic rings. The number of nitrogens with one attached hydrogen (secondary N) is 1. The van der Waals surface area contributed by atoms with Gasteiger partial charge < -0.3 is 15.0 Å². The molecule has 1 unspecified atom stereocenters. The molecule has 0 bridgehead atoms. The van der Waals surface area contributed by atoms with Crippen molar-refractivity contribution >= 4 is 34.8 Å². The SMILES string of the molecule is CC1Oc2ccc(NC(=O)c3c(F)cccc3Cl)cc2N(Cc2ccccc2F)C1=O. The number of amides is 2. The van der Waals surface area contributed by atoms with E-state index >= 15 is 0 Å². The number of carbonyl (C=O) groups excluding carboxylic acids is 2. The number of hydrogen-bond donors (Lipinski definition) is 1. The molecule has 5 nitrogen and oxygen atoms in total. The minimum Gasteiger partial charge on any atom is -0.479 e. The van der Waals surface area contributed by atoms with E-state index in [-0.39, 0.29) is 23.0 Å². The zero-order valence-electron chi connectivity index (χ0n) is 16.4. The average Bonchev–Trinajstić information content (AvgIpc) is 2.73. The lowest BCUT2D eigenvalue weighted by molar-refractivity contribution is -0.125. The summed E-state index contributed by atoms with van der Waals surface area (Å²) in [4.78, 5) is 26.7. The van der Waals surface area contributed by atoms with Crippen LogP contribution in [0.25, 0.3) is 0 Å². The highest BCUT2D eigenvalue weighted by Gasteiger charge is 2.32. The van der Waals surface area contributed by atoms with Gasteiger partial charge >= 0.3 is 0 Å². The number of benzene rings is 3. The topological polar surface area (TPSA) is 58.6 Å². The molecular formula is C23H17ClF2N2O3. The lowest BCUT2D eigenvalue weighted by atomic mass is 10.1. The number of nitrogens with zero attached hydrogens (tertiary/aromatic N) is 1. The number of rotatable bonds is 4. The Morgan fingerprint density at radius 2 is 1.84 bits per heavy atom. The fourth-order valence-electron chi connectivity index (χ4n) is 3.35. The van der Waals surface area contributed by atoms with Crippen molar-refractivity contribution in [1.82, 2.24) is 0 Å². The Morgan fingerprint density at radius 3 is 2.58 bits per heavy atom. The second kappa shape index (κ2) is 8.35. The van der Waals surface area contributed by atoms with Gasteiger partial charge in [-0.1, -0.05) is 35.9 Å². The first-order valence-electron chi connectivity index (χ1n) is 9.46. The van der Waals surface area contributed by atoms with Gasteiger partial charge in [-0.15, -0.1) is 0 Å².